The van der Waals surface area contributed by atoms with Crippen LogP contribution in [-0.4, -0.2) is 60.3 Å². The van der Waals surface area contributed by atoms with Gasteiger partial charge in [0.1, 0.15) is 24.1 Å². The topological polar surface area (TPSA) is 151 Å². The molecule has 1 aromatic heterocycles. The van der Waals surface area contributed by atoms with Crippen molar-refractivity contribution < 1.29 is 30.0 Å². The normalized spacial score (nSPS) is 34.6. The van der Waals surface area contributed by atoms with Gasteiger partial charge in [-0.2, -0.15) is 0 Å². The van der Waals surface area contributed by atoms with E-state index < -0.39 is 42.4 Å². The number of carbonyl (C=O) groups excluding carboxylic acids is 1. The lowest BCUT2D eigenvalue weighted by atomic mass is 9.95. The van der Waals surface area contributed by atoms with Crippen molar-refractivity contribution in [3.05, 3.63) is 12.0 Å². The fourth-order valence-corrected chi connectivity index (χ4v) is 2.02. The third-order valence-corrected chi connectivity index (χ3v) is 3.27. The molecule has 1 aromatic rings. The first-order valence-corrected chi connectivity index (χ1v) is 5.53. The summed E-state index contributed by atoms with van der Waals surface area (Å²) in [5.74, 6) is -1.51. The molecule has 0 bridgehead atoms. The van der Waals surface area contributed by atoms with Gasteiger partial charge in [-0.15, -0.1) is 0 Å². The molecule has 0 aliphatic carbocycles. The van der Waals surface area contributed by atoms with Crippen LogP contribution in [0.3, 0.4) is 0 Å². The minimum Gasteiger partial charge on any atom is -0.493 e. The Bertz CT molecular complexity index is 499. The molecule has 1 saturated heterocycles. The Labute approximate surface area is 107 Å². The summed E-state index contributed by atoms with van der Waals surface area (Å²) in [6, 6.07) is 0. The number of hydrogen-bond acceptors (Lipinski definition) is 7. The van der Waals surface area contributed by atoms with Gasteiger partial charge in [0.25, 0.3) is 5.91 Å². The maximum atomic E-state index is 11.0. The van der Waals surface area contributed by atoms with E-state index in [0.717, 1.165) is 10.9 Å². The molecule has 2 heterocycles. The van der Waals surface area contributed by atoms with Crippen LogP contribution in [0.1, 0.15) is 23.6 Å². The third kappa shape index (κ3) is 1.96. The highest BCUT2D eigenvalue weighted by atomic mass is 16.6. The Morgan fingerprint density at radius 1 is 1.68 bits per heavy atom. The number of aromatic hydroxyl groups is 1. The first-order chi connectivity index (χ1) is 8.80. The van der Waals surface area contributed by atoms with Crippen molar-refractivity contribution in [2.45, 2.75) is 31.0 Å². The lowest BCUT2D eigenvalue weighted by Crippen LogP contribution is -2.46. The van der Waals surface area contributed by atoms with E-state index in [0.29, 0.717) is 0 Å². The zero-order valence-electron chi connectivity index (χ0n) is 10.1. The van der Waals surface area contributed by atoms with Crippen molar-refractivity contribution in [1.29, 1.82) is 0 Å². The predicted octanol–water partition coefficient (Wildman–Crippen LogP) is -2.31. The number of aliphatic hydroxyl groups excluding tert-OH is 2. The summed E-state index contributed by atoms with van der Waals surface area (Å²) >= 11 is 0. The summed E-state index contributed by atoms with van der Waals surface area (Å²) in [5, 5.41) is 38.9. The van der Waals surface area contributed by atoms with E-state index in [1.165, 1.54) is 6.92 Å². The van der Waals surface area contributed by atoms with Gasteiger partial charge in [-0.05, 0) is 6.92 Å². The number of aliphatic hydroxyl groups is 3. The Hall–Kier alpha value is -1.68. The van der Waals surface area contributed by atoms with E-state index in [1.54, 1.807) is 0 Å². The van der Waals surface area contributed by atoms with E-state index in [4.69, 9.17) is 15.6 Å². The molecule has 9 heteroatoms. The van der Waals surface area contributed by atoms with Crippen molar-refractivity contribution in [3.63, 3.8) is 0 Å². The van der Waals surface area contributed by atoms with Crippen LogP contribution in [-0.2, 0) is 4.74 Å². The number of ether oxygens (including phenoxy) is 1. The zero-order valence-corrected chi connectivity index (χ0v) is 10.1. The molecule has 0 unspecified atom stereocenters. The summed E-state index contributed by atoms with van der Waals surface area (Å²) in [4.78, 5) is 14.6. The highest BCUT2D eigenvalue weighted by Gasteiger charge is 2.53. The minimum atomic E-state index is -1.71. The summed E-state index contributed by atoms with van der Waals surface area (Å²) in [6.07, 6.45) is -2.59. The van der Waals surface area contributed by atoms with Crippen LogP contribution in [0.2, 0.25) is 0 Å². The number of primary amides is 1. The Morgan fingerprint density at radius 3 is 2.74 bits per heavy atom. The number of rotatable bonds is 3. The molecule has 106 valence electrons. The number of nitrogens with zero attached hydrogens (tertiary/aromatic N) is 2. The van der Waals surface area contributed by atoms with Crippen LogP contribution in [0.5, 0.6) is 5.88 Å². The average Bonchev–Trinajstić information content (AvgIpc) is 2.80. The quantitative estimate of drug-likeness (QED) is 0.415. The Kier molecular flexibility index (Phi) is 3.22. The molecule has 0 spiro atoms. The van der Waals surface area contributed by atoms with Gasteiger partial charge in [-0.25, -0.2) is 4.98 Å². The van der Waals surface area contributed by atoms with Crippen molar-refractivity contribution in [2.24, 2.45) is 5.73 Å². The number of aromatic nitrogens is 2. The lowest BCUT2D eigenvalue weighted by molar-refractivity contribution is -0.0807. The average molecular weight is 273 g/mol. The fourth-order valence-electron chi connectivity index (χ4n) is 2.02. The highest BCUT2D eigenvalue weighted by molar-refractivity contribution is 5.92. The first kappa shape index (κ1) is 13.7. The van der Waals surface area contributed by atoms with Crippen LogP contribution >= 0.6 is 0 Å². The predicted molar refractivity (Wildman–Crippen MR) is 60.0 cm³/mol. The van der Waals surface area contributed by atoms with Crippen LogP contribution in [0.15, 0.2) is 6.33 Å². The van der Waals surface area contributed by atoms with Crippen molar-refractivity contribution in [3.8, 4) is 5.88 Å². The highest BCUT2D eigenvalue weighted by Crippen LogP contribution is 2.38. The summed E-state index contributed by atoms with van der Waals surface area (Å²) < 4.78 is 6.23. The van der Waals surface area contributed by atoms with E-state index in [9.17, 15) is 20.1 Å². The maximum Gasteiger partial charge on any atom is 0.272 e. The molecule has 4 atom stereocenters. The molecule has 0 radical (unpaired) electrons. The lowest BCUT2D eigenvalue weighted by Gasteiger charge is -2.25. The molecule has 0 saturated carbocycles. The molecule has 9 nitrogen and oxygen atoms in total. The zero-order chi connectivity index (χ0) is 14.4. The van der Waals surface area contributed by atoms with Crippen molar-refractivity contribution in [1.82, 2.24) is 9.55 Å². The van der Waals surface area contributed by atoms with Gasteiger partial charge in [-0.3, -0.25) is 9.36 Å². The number of nitrogens with two attached hydrogens (primary N) is 1. The van der Waals surface area contributed by atoms with Gasteiger partial charge < -0.3 is 30.9 Å². The standard InChI is InChI=1S/C10H15N3O6/c1-10(18)4(2-14)19-9(6(10)15)13-3-12-5(7(11)16)8(13)17/h3-4,6,9,14-15,17-18H,2H2,1H3,(H2,11,16)/t4-,6+,9-,10-/m1/s1. The maximum absolute atomic E-state index is 11.0. The summed E-state index contributed by atoms with van der Waals surface area (Å²) in [6.45, 7) is 0.778. The van der Waals surface area contributed by atoms with E-state index in [2.05, 4.69) is 4.98 Å². The molecule has 0 aromatic carbocycles. The van der Waals surface area contributed by atoms with E-state index in [-0.39, 0.29) is 5.69 Å². The number of carbonyl (C=O) groups is 1. The molecular weight excluding hydrogens is 258 g/mol. The van der Waals surface area contributed by atoms with Crippen LogP contribution in [0.4, 0.5) is 0 Å². The SMILES string of the molecule is C[C@@]1(O)[C@@H](CO)O[C@@H](n2cnc(C(N)=O)c2O)[C@@H]1O. The first-order valence-electron chi connectivity index (χ1n) is 5.53. The second-order valence-electron chi connectivity index (χ2n) is 4.56. The van der Waals surface area contributed by atoms with Crippen molar-refractivity contribution >= 4 is 5.91 Å². The summed E-state index contributed by atoms with van der Waals surface area (Å²) in [7, 11) is 0. The van der Waals surface area contributed by atoms with E-state index in [1.807, 2.05) is 0 Å². The number of amides is 1. The Balaban J connectivity index is 2.36. The summed E-state index contributed by atoms with van der Waals surface area (Å²) in [5.41, 5.74) is 2.92. The third-order valence-electron chi connectivity index (χ3n) is 3.27. The van der Waals surface area contributed by atoms with Gasteiger partial charge in [0.2, 0.25) is 5.88 Å². The second kappa shape index (κ2) is 4.46. The van der Waals surface area contributed by atoms with Gasteiger partial charge in [0, 0.05) is 0 Å². The van der Waals surface area contributed by atoms with Crippen LogP contribution < -0.4 is 5.73 Å². The van der Waals surface area contributed by atoms with Crippen LogP contribution in [0, 0.1) is 0 Å². The molecule has 6 N–H and O–H groups in total. The van der Waals surface area contributed by atoms with E-state index >= 15 is 0 Å². The number of imidazole rings is 1. The molecule has 1 amide bonds. The minimum absolute atomic E-state index is 0.372. The molecule has 1 aliphatic rings. The Morgan fingerprint density at radius 2 is 2.32 bits per heavy atom. The molecular formula is C10H15N3O6. The van der Waals surface area contributed by atoms with Gasteiger partial charge >= 0.3 is 0 Å². The van der Waals surface area contributed by atoms with Crippen molar-refractivity contribution in [2.75, 3.05) is 6.61 Å². The number of hydrogen-bond donors (Lipinski definition) is 5. The van der Waals surface area contributed by atoms with Crippen LogP contribution in [0.25, 0.3) is 0 Å². The largest absolute Gasteiger partial charge is 0.493 e. The monoisotopic (exact) mass is 273 g/mol. The fraction of sp³-hybridized carbons (Fsp3) is 0.600. The molecule has 1 aliphatic heterocycles. The van der Waals surface area contributed by atoms with Gasteiger partial charge in [0.15, 0.2) is 11.9 Å². The molecule has 2 rings (SSSR count). The second-order valence-corrected chi connectivity index (χ2v) is 4.56. The van der Waals surface area contributed by atoms with Gasteiger partial charge in [-0.1, -0.05) is 0 Å². The van der Waals surface area contributed by atoms with Gasteiger partial charge in [0.05, 0.1) is 6.61 Å². The molecule has 1 fully saturated rings. The smallest absolute Gasteiger partial charge is 0.272 e. The molecule has 19 heavy (non-hydrogen) atoms.